The summed E-state index contributed by atoms with van der Waals surface area (Å²) >= 11 is 3.29. The van der Waals surface area contributed by atoms with Gasteiger partial charge in [-0.2, -0.15) is 0 Å². The Morgan fingerprint density at radius 1 is 1.10 bits per heavy atom. The number of halogens is 2. The van der Waals surface area contributed by atoms with Crippen molar-refractivity contribution in [3.8, 4) is 0 Å². The van der Waals surface area contributed by atoms with Crippen molar-refractivity contribution in [3.63, 3.8) is 0 Å². The van der Waals surface area contributed by atoms with Gasteiger partial charge in [0.1, 0.15) is 5.82 Å². The smallest absolute Gasteiger partial charge is 0.254 e. The second-order valence-electron chi connectivity index (χ2n) is 4.22. The molecule has 0 aliphatic carbocycles. The van der Waals surface area contributed by atoms with Crippen molar-refractivity contribution in [2.24, 2.45) is 0 Å². The molecule has 0 saturated carbocycles. The SMILES string of the molecule is O=C(CNC(=O)c1ccccc1F)Nc1cccc(Br)c1. The van der Waals surface area contributed by atoms with Crippen LogP contribution in [0, 0.1) is 5.82 Å². The van der Waals surface area contributed by atoms with E-state index in [-0.39, 0.29) is 12.1 Å². The van der Waals surface area contributed by atoms with Gasteiger partial charge in [0.2, 0.25) is 5.91 Å². The third-order valence-electron chi connectivity index (χ3n) is 2.64. The lowest BCUT2D eigenvalue weighted by atomic mass is 10.2. The van der Waals surface area contributed by atoms with Gasteiger partial charge in [0, 0.05) is 10.2 Å². The minimum absolute atomic E-state index is 0.0900. The topological polar surface area (TPSA) is 58.2 Å². The summed E-state index contributed by atoms with van der Waals surface area (Å²) in [5.41, 5.74) is 0.516. The first kappa shape index (κ1) is 15.2. The second kappa shape index (κ2) is 6.99. The molecule has 2 amide bonds. The lowest BCUT2D eigenvalue weighted by molar-refractivity contribution is -0.115. The van der Waals surface area contributed by atoms with Crippen molar-refractivity contribution in [1.82, 2.24) is 5.32 Å². The predicted octanol–water partition coefficient (Wildman–Crippen LogP) is 2.96. The molecule has 108 valence electrons. The summed E-state index contributed by atoms with van der Waals surface area (Å²) in [4.78, 5) is 23.4. The first-order valence-corrected chi connectivity index (χ1v) is 6.94. The number of anilines is 1. The minimum Gasteiger partial charge on any atom is -0.343 e. The van der Waals surface area contributed by atoms with E-state index in [1.807, 2.05) is 6.07 Å². The Kier molecular flexibility index (Phi) is 5.05. The zero-order chi connectivity index (χ0) is 15.2. The molecule has 0 aromatic heterocycles. The van der Waals surface area contributed by atoms with E-state index in [0.717, 1.165) is 4.47 Å². The Morgan fingerprint density at radius 2 is 1.86 bits per heavy atom. The van der Waals surface area contributed by atoms with E-state index < -0.39 is 17.6 Å². The van der Waals surface area contributed by atoms with Gasteiger partial charge >= 0.3 is 0 Å². The second-order valence-corrected chi connectivity index (χ2v) is 5.14. The number of amides is 2. The van der Waals surface area contributed by atoms with Crippen LogP contribution >= 0.6 is 15.9 Å². The normalized spacial score (nSPS) is 10.0. The molecule has 2 aromatic carbocycles. The van der Waals surface area contributed by atoms with Crippen molar-refractivity contribution < 1.29 is 14.0 Å². The van der Waals surface area contributed by atoms with Crippen LogP contribution in [0.1, 0.15) is 10.4 Å². The Labute approximate surface area is 129 Å². The van der Waals surface area contributed by atoms with Crippen LogP contribution in [0.15, 0.2) is 53.0 Å². The molecular weight excluding hydrogens is 339 g/mol. The summed E-state index contributed by atoms with van der Waals surface area (Å²) in [5, 5.41) is 5.00. The summed E-state index contributed by atoms with van der Waals surface area (Å²) in [6.07, 6.45) is 0. The van der Waals surface area contributed by atoms with Crippen molar-refractivity contribution in [2.45, 2.75) is 0 Å². The van der Waals surface area contributed by atoms with Crippen LogP contribution in [0.5, 0.6) is 0 Å². The number of benzene rings is 2. The average Bonchev–Trinajstić information content (AvgIpc) is 2.45. The van der Waals surface area contributed by atoms with Crippen molar-refractivity contribution >= 4 is 33.4 Å². The maximum absolute atomic E-state index is 13.4. The van der Waals surface area contributed by atoms with Gasteiger partial charge in [0.05, 0.1) is 12.1 Å². The number of carbonyl (C=O) groups excluding carboxylic acids is 2. The predicted molar refractivity (Wildman–Crippen MR) is 81.5 cm³/mol. The lowest BCUT2D eigenvalue weighted by Gasteiger charge is -2.07. The van der Waals surface area contributed by atoms with E-state index in [4.69, 9.17) is 0 Å². The Hall–Kier alpha value is -2.21. The molecule has 2 rings (SSSR count). The van der Waals surface area contributed by atoms with Gasteiger partial charge in [-0.15, -0.1) is 0 Å². The van der Waals surface area contributed by atoms with Gasteiger partial charge in [0.25, 0.3) is 5.91 Å². The fourth-order valence-electron chi connectivity index (χ4n) is 1.67. The largest absolute Gasteiger partial charge is 0.343 e. The zero-order valence-electron chi connectivity index (χ0n) is 10.9. The van der Waals surface area contributed by atoms with E-state index in [0.29, 0.717) is 5.69 Å². The molecule has 0 fully saturated rings. The van der Waals surface area contributed by atoms with Crippen LogP contribution in [-0.4, -0.2) is 18.4 Å². The van der Waals surface area contributed by atoms with E-state index in [9.17, 15) is 14.0 Å². The standard InChI is InChI=1S/C15H12BrFN2O2/c16-10-4-3-5-11(8-10)19-14(20)9-18-15(21)12-6-1-2-7-13(12)17/h1-8H,9H2,(H,18,21)(H,19,20). The highest BCUT2D eigenvalue weighted by atomic mass is 79.9. The van der Waals surface area contributed by atoms with E-state index in [2.05, 4.69) is 26.6 Å². The minimum atomic E-state index is -0.627. The molecule has 0 heterocycles. The Morgan fingerprint density at radius 3 is 2.57 bits per heavy atom. The molecule has 0 atom stereocenters. The molecule has 4 nitrogen and oxygen atoms in total. The molecule has 0 spiro atoms. The number of hydrogen-bond donors (Lipinski definition) is 2. The lowest BCUT2D eigenvalue weighted by Crippen LogP contribution is -2.33. The summed E-state index contributed by atoms with van der Waals surface area (Å²) in [5.74, 6) is -1.64. The van der Waals surface area contributed by atoms with E-state index in [1.54, 1.807) is 24.3 Å². The van der Waals surface area contributed by atoms with Crippen LogP contribution in [0.2, 0.25) is 0 Å². The van der Waals surface area contributed by atoms with Crippen molar-refractivity contribution in [1.29, 1.82) is 0 Å². The van der Waals surface area contributed by atoms with Crippen LogP contribution in [-0.2, 0) is 4.79 Å². The monoisotopic (exact) mass is 350 g/mol. The first-order chi connectivity index (χ1) is 10.1. The van der Waals surface area contributed by atoms with Gasteiger partial charge in [-0.1, -0.05) is 34.1 Å². The highest BCUT2D eigenvalue weighted by Gasteiger charge is 2.12. The van der Waals surface area contributed by atoms with Crippen LogP contribution in [0.25, 0.3) is 0 Å². The molecule has 0 aliphatic heterocycles. The Balaban J connectivity index is 1.90. The van der Waals surface area contributed by atoms with Gasteiger partial charge in [-0.3, -0.25) is 9.59 Å². The van der Waals surface area contributed by atoms with Crippen LogP contribution < -0.4 is 10.6 Å². The number of hydrogen-bond acceptors (Lipinski definition) is 2. The van der Waals surface area contributed by atoms with Gasteiger partial charge in [-0.05, 0) is 30.3 Å². The number of rotatable bonds is 4. The maximum Gasteiger partial charge on any atom is 0.254 e. The number of nitrogens with one attached hydrogen (secondary N) is 2. The molecule has 21 heavy (non-hydrogen) atoms. The van der Waals surface area contributed by atoms with E-state index >= 15 is 0 Å². The fourth-order valence-corrected chi connectivity index (χ4v) is 2.07. The molecule has 0 radical (unpaired) electrons. The van der Waals surface area contributed by atoms with Crippen molar-refractivity contribution in [3.05, 3.63) is 64.4 Å². The van der Waals surface area contributed by atoms with Crippen LogP contribution in [0.3, 0.4) is 0 Å². The summed E-state index contributed by atoms with van der Waals surface area (Å²) < 4.78 is 14.2. The molecule has 2 N–H and O–H groups in total. The van der Waals surface area contributed by atoms with Gasteiger partial charge < -0.3 is 10.6 Å². The fraction of sp³-hybridized carbons (Fsp3) is 0.0667. The highest BCUT2D eigenvalue weighted by Crippen LogP contribution is 2.15. The van der Waals surface area contributed by atoms with Gasteiger partial charge in [0.15, 0.2) is 0 Å². The molecule has 2 aromatic rings. The molecular formula is C15H12BrFN2O2. The third kappa shape index (κ3) is 4.39. The van der Waals surface area contributed by atoms with Crippen LogP contribution in [0.4, 0.5) is 10.1 Å². The first-order valence-electron chi connectivity index (χ1n) is 6.14. The highest BCUT2D eigenvalue weighted by molar-refractivity contribution is 9.10. The average molecular weight is 351 g/mol. The number of carbonyl (C=O) groups is 2. The summed E-state index contributed by atoms with van der Waals surface area (Å²) in [6.45, 7) is -0.236. The molecule has 0 saturated heterocycles. The molecule has 6 heteroatoms. The third-order valence-corrected chi connectivity index (χ3v) is 3.13. The quantitative estimate of drug-likeness (QED) is 0.890. The summed E-state index contributed by atoms with van der Waals surface area (Å²) in [7, 11) is 0. The summed E-state index contributed by atoms with van der Waals surface area (Å²) in [6, 6.07) is 12.7. The molecule has 0 aliphatic rings. The maximum atomic E-state index is 13.4. The van der Waals surface area contributed by atoms with Crippen molar-refractivity contribution in [2.75, 3.05) is 11.9 Å². The van der Waals surface area contributed by atoms with E-state index in [1.165, 1.54) is 18.2 Å². The Bertz CT molecular complexity index is 676. The molecule has 0 unspecified atom stereocenters. The zero-order valence-corrected chi connectivity index (χ0v) is 12.5. The van der Waals surface area contributed by atoms with Gasteiger partial charge in [-0.25, -0.2) is 4.39 Å². The molecule has 0 bridgehead atoms.